The normalized spacial score (nSPS) is 12.1. The summed E-state index contributed by atoms with van der Waals surface area (Å²) in [7, 11) is -3.55. The molecule has 7 nitrogen and oxygen atoms in total. The Hall–Kier alpha value is -2.10. The van der Waals surface area contributed by atoms with Crippen LogP contribution in [0, 0.1) is 0 Å². The first kappa shape index (κ1) is 29.1. The molecule has 0 unspecified atom stereocenters. The Morgan fingerprint density at radius 2 is 1.69 bits per heavy atom. The lowest BCUT2D eigenvalue weighted by Crippen LogP contribution is -2.47. The number of nitrogens with one attached hydrogen (secondary N) is 1. The molecule has 0 aliphatic heterocycles. The summed E-state index contributed by atoms with van der Waals surface area (Å²) in [5, 5.41) is 3.40. The lowest BCUT2D eigenvalue weighted by Gasteiger charge is -2.29. The Kier molecular flexibility index (Phi) is 11.5. The molecule has 2 aromatic carbocycles. The standard InChI is InChI=1S/C25H33BrClN3O4S/c1-4-5-16-28-25(32)19(2)29(18-20-8-10-21(26)11-9-20)24(31)7-6-17-30(35(3,33)34)23-14-12-22(27)13-15-23/h8-15,19H,4-7,16-18H2,1-3H3,(H,28,32)/t19-/m0/s1. The van der Waals surface area contributed by atoms with E-state index < -0.39 is 16.1 Å². The van der Waals surface area contributed by atoms with Crippen molar-refractivity contribution in [3.63, 3.8) is 0 Å². The van der Waals surface area contributed by atoms with Crippen molar-refractivity contribution in [3.05, 3.63) is 63.6 Å². The number of halogens is 2. The number of sulfonamides is 1. The zero-order chi connectivity index (χ0) is 26.0. The molecule has 0 bridgehead atoms. The minimum Gasteiger partial charge on any atom is -0.354 e. The number of hydrogen-bond donors (Lipinski definition) is 1. The first-order valence-corrected chi connectivity index (χ1v) is 14.6. The van der Waals surface area contributed by atoms with Gasteiger partial charge in [-0.15, -0.1) is 0 Å². The summed E-state index contributed by atoms with van der Waals surface area (Å²) in [6, 6.07) is 13.4. The highest BCUT2D eigenvalue weighted by atomic mass is 79.9. The van der Waals surface area contributed by atoms with Crippen LogP contribution in [0.2, 0.25) is 5.02 Å². The van der Waals surface area contributed by atoms with Crippen LogP contribution in [0.1, 0.15) is 45.1 Å². The van der Waals surface area contributed by atoms with Gasteiger partial charge in [-0.3, -0.25) is 13.9 Å². The fourth-order valence-electron chi connectivity index (χ4n) is 3.52. The van der Waals surface area contributed by atoms with Gasteiger partial charge in [0, 0.05) is 35.6 Å². The zero-order valence-electron chi connectivity index (χ0n) is 20.3. The lowest BCUT2D eigenvalue weighted by molar-refractivity contribution is -0.140. The van der Waals surface area contributed by atoms with Gasteiger partial charge in [0.15, 0.2) is 0 Å². The largest absolute Gasteiger partial charge is 0.354 e. The maximum atomic E-state index is 13.3. The average molecular weight is 587 g/mol. The third kappa shape index (κ3) is 9.46. The van der Waals surface area contributed by atoms with E-state index in [9.17, 15) is 18.0 Å². The summed E-state index contributed by atoms with van der Waals surface area (Å²) in [6.07, 6.45) is 3.36. The van der Waals surface area contributed by atoms with Gasteiger partial charge in [-0.25, -0.2) is 8.42 Å². The summed E-state index contributed by atoms with van der Waals surface area (Å²) in [6.45, 7) is 4.73. The van der Waals surface area contributed by atoms with E-state index in [0.29, 0.717) is 23.7 Å². The van der Waals surface area contributed by atoms with Crippen LogP contribution < -0.4 is 9.62 Å². The third-order valence-corrected chi connectivity index (χ3v) is 7.50. The number of amides is 2. The maximum Gasteiger partial charge on any atom is 0.242 e. The van der Waals surface area contributed by atoms with Crippen LogP contribution in [0.4, 0.5) is 5.69 Å². The Balaban J connectivity index is 2.12. The second-order valence-corrected chi connectivity index (χ2v) is 11.6. The highest BCUT2D eigenvalue weighted by molar-refractivity contribution is 9.10. The SMILES string of the molecule is CCCCNC(=O)[C@H](C)N(Cc1ccc(Br)cc1)C(=O)CCCN(c1ccc(Cl)cc1)S(C)(=O)=O. The molecule has 0 spiro atoms. The molecule has 1 atom stereocenters. The fraction of sp³-hybridized carbons (Fsp3) is 0.440. The van der Waals surface area contributed by atoms with Crippen molar-refractivity contribution in [2.24, 2.45) is 0 Å². The van der Waals surface area contributed by atoms with Crippen molar-refractivity contribution < 1.29 is 18.0 Å². The molecule has 0 saturated carbocycles. The number of nitrogens with zero attached hydrogens (tertiary/aromatic N) is 2. The van der Waals surface area contributed by atoms with Crippen molar-refractivity contribution in [2.75, 3.05) is 23.7 Å². The van der Waals surface area contributed by atoms with Crippen molar-refractivity contribution >= 4 is 55.1 Å². The van der Waals surface area contributed by atoms with Gasteiger partial charge in [0.1, 0.15) is 6.04 Å². The molecular weight excluding hydrogens is 554 g/mol. The maximum absolute atomic E-state index is 13.3. The predicted octanol–water partition coefficient (Wildman–Crippen LogP) is 4.98. The van der Waals surface area contributed by atoms with Gasteiger partial charge < -0.3 is 10.2 Å². The van der Waals surface area contributed by atoms with Crippen LogP contribution in [0.3, 0.4) is 0 Å². The van der Waals surface area contributed by atoms with Crippen LogP contribution >= 0.6 is 27.5 Å². The molecule has 0 aliphatic carbocycles. The Morgan fingerprint density at radius 3 is 2.26 bits per heavy atom. The predicted molar refractivity (Wildman–Crippen MR) is 145 cm³/mol. The van der Waals surface area contributed by atoms with Gasteiger partial charge in [-0.05, 0) is 61.7 Å². The summed E-state index contributed by atoms with van der Waals surface area (Å²) >= 11 is 9.34. The number of unbranched alkanes of at least 4 members (excludes halogenated alkanes) is 1. The molecule has 35 heavy (non-hydrogen) atoms. The molecule has 0 aliphatic rings. The molecular formula is C25H33BrClN3O4S. The van der Waals surface area contributed by atoms with Crippen LogP contribution in [-0.2, 0) is 26.2 Å². The molecule has 0 saturated heterocycles. The molecule has 10 heteroatoms. The molecule has 0 fully saturated rings. The lowest BCUT2D eigenvalue weighted by atomic mass is 10.1. The molecule has 192 valence electrons. The monoisotopic (exact) mass is 585 g/mol. The van der Waals surface area contributed by atoms with E-state index in [1.54, 1.807) is 36.1 Å². The van der Waals surface area contributed by atoms with E-state index in [-0.39, 0.29) is 31.3 Å². The Labute approximate surface area is 222 Å². The second-order valence-electron chi connectivity index (χ2n) is 8.38. The van der Waals surface area contributed by atoms with Crippen molar-refractivity contribution in [1.82, 2.24) is 10.2 Å². The molecule has 2 rings (SSSR count). The fourth-order valence-corrected chi connectivity index (χ4v) is 4.87. The number of carbonyl (C=O) groups is 2. The van der Waals surface area contributed by atoms with E-state index in [2.05, 4.69) is 21.2 Å². The smallest absolute Gasteiger partial charge is 0.242 e. The first-order chi connectivity index (χ1) is 16.5. The number of anilines is 1. The quantitative estimate of drug-likeness (QED) is 0.335. The average Bonchev–Trinajstić information content (AvgIpc) is 2.81. The van der Waals surface area contributed by atoms with Crippen LogP contribution in [0.15, 0.2) is 53.0 Å². The molecule has 0 aromatic heterocycles. The van der Waals surface area contributed by atoms with Gasteiger partial charge in [-0.1, -0.05) is 53.0 Å². The van der Waals surface area contributed by atoms with E-state index in [1.165, 1.54) is 4.31 Å². The van der Waals surface area contributed by atoms with E-state index in [4.69, 9.17) is 11.6 Å². The van der Waals surface area contributed by atoms with E-state index in [0.717, 1.165) is 29.1 Å². The number of hydrogen-bond acceptors (Lipinski definition) is 4. The highest BCUT2D eigenvalue weighted by Crippen LogP contribution is 2.21. The summed E-state index contributed by atoms with van der Waals surface area (Å²) in [4.78, 5) is 27.5. The van der Waals surface area contributed by atoms with Crippen LogP contribution in [0.25, 0.3) is 0 Å². The molecule has 2 aromatic rings. The van der Waals surface area contributed by atoms with E-state index >= 15 is 0 Å². The summed E-state index contributed by atoms with van der Waals surface area (Å²) in [5.41, 5.74) is 1.38. The van der Waals surface area contributed by atoms with Crippen LogP contribution in [0.5, 0.6) is 0 Å². The van der Waals surface area contributed by atoms with Crippen LogP contribution in [-0.4, -0.2) is 50.5 Å². The minimum absolute atomic E-state index is 0.0999. The molecule has 0 radical (unpaired) electrons. The molecule has 1 N–H and O–H groups in total. The van der Waals surface area contributed by atoms with Crippen molar-refractivity contribution in [3.8, 4) is 0 Å². The van der Waals surface area contributed by atoms with Crippen molar-refractivity contribution in [1.29, 1.82) is 0 Å². The van der Waals surface area contributed by atoms with E-state index in [1.807, 2.05) is 31.2 Å². The topological polar surface area (TPSA) is 86.8 Å². The van der Waals surface area contributed by atoms with Gasteiger partial charge in [-0.2, -0.15) is 0 Å². The van der Waals surface area contributed by atoms with Crippen molar-refractivity contribution in [2.45, 2.75) is 52.1 Å². The summed E-state index contributed by atoms with van der Waals surface area (Å²) in [5.74, 6) is -0.418. The molecule has 2 amide bonds. The number of carbonyl (C=O) groups excluding carboxylic acids is 2. The number of benzene rings is 2. The Morgan fingerprint density at radius 1 is 1.06 bits per heavy atom. The zero-order valence-corrected chi connectivity index (χ0v) is 23.5. The summed E-state index contributed by atoms with van der Waals surface area (Å²) < 4.78 is 26.9. The Bertz CT molecular complexity index is 1080. The van der Waals surface area contributed by atoms with Gasteiger partial charge in [0.05, 0.1) is 11.9 Å². The first-order valence-electron chi connectivity index (χ1n) is 11.6. The second kappa shape index (κ2) is 13.8. The van der Waals surface area contributed by atoms with Gasteiger partial charge in [0.2, 0.25) is 21.8 Å². The minimum atomic E-state index is -3.55. The number of rotatable bonds is 13. The van der Waals surface area contributed by atoms with Gasteiger partial charge >= 0.3 is 0 Å². The highest BCUT2D eigenvalue weighted by Gasteiger charge is 2.26. The molecule has 0 heterocycles. The third-order valence-electron chi connectivity index (χ3n) is 5.53. The van der Waals surface area contributed by atoms with Gasteiger partial charge in [0.25, 0.3) is 0 Å².